The molecular formula is C24H27Cl2N3. The van der Waals surface area contributed by atoms with Crippen LogP contribution in [0.5, 0.6) is 0 Å². The number of aryl methyl sites for hydroxylation is 1. The third kappa shape index (κ3) is 4.46. The van der Waals surface area contributed by atoms with Crippen molar-refractivity contribution >= 4 is 40.5 Å². The molecule has 2 aromatic rings. The Morgan fingerprint density at radius 3 is 2.41 bits per heavy atom. The van der Waals surface area contributed by atoms with Crippen molar-refractivity contribution in [2.45, 2.75) is 57.8 Å². The Morgan fingerprint density at radius 2 is 1.83 bits per heavy atom. The molecular weight excluding hydrogens is 401 g/mol. The highest BCUT2D eigenvalue weighted by Gasteiger charge is 2.44. The number of nitrogens with one attached hydrogen (secondary N) is 2. The molecule has 3 rings (SSSR count). The van der Waals surface area contributed by atoms with Crippen LogP contribution in [0.1, 0.15) is 62.1 Å². The Kier molecular flexibility index (Phi) is 6.92. The molecule has 29 heavy (non-hydrogen) atoms. The van der Waals surface area contributed by atoms with E-state index in [1.54, 1.807) is 6.07 Å². The second-order valence-corrected chi connectivity index (χ2v) is 8.60. The number of amidine groups is 1. The van der Waals surface area contributed by atoms with Crippen molar-refractivity contribution in [3.63, 3.8) is 0 Å². The molecule has 0 bridgehead atoms. The first kappa shape index (κ1) is 21.7. The largest absolute Gasteiger partial charge is 0.298 e. The van der Waals surface area contributed by atoms with Crippen LogP contribution in [0.15, 0.2) is 47.5 Å². The van der Waals surface area contributed by atoms with Crippen molar-refractivity contribution < 1.29 is 0 Å². The summed E-state index contributed by atoms with van der Waals surface area (Å²) in [6, 6.07) is 13.3. The summed E-state index contributed by atoms with van der Waals surface area (Å²) in [5.41, 5.74) is 3.46. The maximum Gasteiger partial charge on any atom is 0.131 e. The highest BCUT2D eigenvalue weighted by Crippen LogP contribution is 2.46. The monoisotopic (exact) mass is 427 g/mol. The maximum atomic E-state index is 8.91. The van der Waals surface area contributed by atoms with Crippen LogP contribution in [0, 0.1) is 17.7 Å². The standard InChI is InChI=1S/C24H27Cl2N3/c1-3-4-10-21(22(27)18-8-5-6-9-20(18)26)29-23(28)24(13-7-14-24)19-12-11-17(25)15-16(19)2/h5-6,8-9,11-12,15,27-28H,3-4,7,10,13-14H2,1-2H3/b27-22?,28-23?,29-21-. The summed E-state index contributed by atoms with van der Waals surface area (Å²) in [6.07, 6.45) is 5.47. The number of nitrogens with zero attached hydrogens (tertiary/aromatic N) is 1. The average Bonchev–Trinajstić information content (AvgIpc) is 2.65. The second kappa shape index (κ2) is 9.23. The van der Waals surface area contributed by atoms with Crippen molar-refractivity contribution in [2.75, 3.05) is 0 Å². The molecule has 2 N–H and O–H groups in total. The quantitative estimate of drug-likeness (QED) is 0.341. The summed E-state index contributed by atoms with van der Waals surface area (Å²) < 4.78 is 0. The fourth-order valence-electron chi connectivity index (χ4n) is 3.97. The molecule has 1 saturated carbocycles. The Bertz CT molecular complexity index is 958. The van der Waals surface area contributed by atoms with E-state index in [4.69, 9.17) is 39.0 Å². The maximum absolute atomic E-state index is 8.91. The first-order valence-corrected chi connectivity index (χ1v) is 10.9. The van der Waals surface area contributed by atoms with Gasteiger partial charge in [0.15, 0.2) is 0 Å². The van der Waals surface area contributed by atoms with Gasteiger partial charge in [-0.05, 0) is 61.9 Å². The van der Waals surface area contributed by atoms with Gasteiger partial charge in [-0.2, -0.15) is 0 Å². The number of aliphatic imine (C=N–C) groups is 1. The van der Waals surface area contributed by atoms with Gasteiger partial charge in [0.25, 0.3) is 0 Å². The number of hydrogen-bond donors (Lipinski definition) is 2. The van der Waals surface area contributed by atoms with E-state index in [2.05, 4.69) is 6.92 Å². The number of benzene rings is 2. The lowest BCUT2D eigenvalue weighted by Gasteiger charge is -2.42. The fraction of sp³-hybridized carbons (Fsp3) is 0.375. The van der Waals surface area contributed by atoms with Crippen molar-refractivity contribution in [2.24, 2.45) is 4.99 Å². The minimum Gasteiger partial charge on any atom is -0.298 e. The first-order valence-electron chi connectivity index (χ1n) is 10.2. The van der Waals surface area contributed by atoms with Gasteiger partial charge in [-0.15, -0.1) is 0 Å². The van der Waals surface area contributed by atoms with E-state index in [1.165, 1.54) is 0 Å². The van der Waals surface area contributed by atoms with Gasteiger partial charge in [0, 0.05) is 15.6 Å². The predicted octanol–water partition coefficient (Wildman–Crippen LogP) is 7.40. The van der Waals surface area contributed by atoms with Gasteiger partial charge in [-0.1, -0.05) is 67.2 Å². The minimum absolute atomic E-state index is 0.316. The Labute approximate surface area is 183 Å². The van der Waals surface area contributed by atoms with Crippen molar-refractivity contribution in [1.82, 2.24) is 0 Å². The van der Waals surface area contributed by atoms with E-state index in [0.29, 0.717) is 39.3 Å². The van der Waals surface area contributed by atoms with Crippen molar-refractivity contribution in [1.29, 1.82) is 10.8 Å². The topological polar surface area (TPSA) is 60.1 Å². The third-order valence-electron chi connectivity index (χ3n) is 5.81. The lowest BCUT2D eigenvalue weighted by molar-refractivity contribution is 0.335. The molecule has 5 heteroatoms. The lowest BCUT2D eigenvalue weighted by atomic mass is 9.62. The molecule has 0 aliphatic heterocycles. The fourth-order valence-corrected chi connectivity index (χ4v) is 4.43. The van der Waals surface area contributed by atoms with Crippen LogP contribution in [0.4, 0.5) is 0 Å². The zero-order valence-electron chi connectivity index (χ0n) is 17.0. The van der Waals surface area contributed by atoms with Gasteiger partial charge in [-0.3, -0.25) is 10.8 Å². The zero-order valence-corrected chi connectivity index (χ0v) is 18.5. The second-order valence-electron chi connectivity index (χ2n) is 7.76. The third-order valence-corrected chi connectivity index (χ3v) is 6.37. The number of halogens is 2. The highest BCUT2D eigenvalue weighted by atomic mass is 35.5. The van der Waals surface area contributed by atoms with Gasteiger partial charge in [0.1, 0.15) is 5.84 Å². The molecule has 0 spiro atoms. The SMILES string of the molecule is CCCC/C(=N/C(=N)C1(c2ccc(Cl)cc2C)CCC1)C(=N)c1ccccc1Cl. The Balaban J connectivity index is 1.99. The summed E-state index contributed by atoms with van der Waals surface area (Å²) in [5, 5.41) is 18.9. The molecule has 0 atom stereocenters. The van der Waals surface area contributed by atoms with Crippen molar-refractivity contribution in [3.8, 4) is 0 Å². The molecule has 0 aromatic heterocycles. The Morgan fingerprint density at radius 1 is 1.10 bits per heavy atom. The first-order chi connectivity index (χ1) is 13.9. The van der Waals surface area contributed by atoms with Gasteiger partial charge >= 0.3 is 0 Å². The molecule has 0 unspecified atom stereocenters. The van der Waals surface area contributed by atoms with Gasteiger partial charge in [0.05, 0.1) is 16.8 Å². The molecule has 0 radical (unpaired) electrons. The van der Waals surface area contributed by atoms with Gasteiger partial charge < -0.3 is 0 Å². The summed E-state index contributed by atoms with van der Waals surface area (Å²) in [4.78, 5) is 4.75. The molecule has 152 valence electrons. The van der Waals surface area contributed by atoms with Crippen LogP contribution in [0.25, 0.3) is 0 Å². The normalized spacial score (nSPS) is 15.7. The lowest BCUT2D eigenvalue weighted by Crippen LogP contribution is -2.42. The van der Waals surface area contributed by atoms with Crippen LogP contribution >= 0.6 is 23.2 Å². The summed E-state index contributed by atoms with van der Waals surface area (Å²) >= 11 is 12.5. The van der Waals surface area contributed by atoms with E-state index in [9.17, 15) is 0 Å². The smallest absolute Gasteiger partial charge is 0.131 e. The van der Waals surface area contributed by atoms with Gasteiger partial charge in [0.2, 0.25) is 0 Å². The van der Waals surface area contributed by atoms with E-state index in [0.717, 1.165) is 43.2 Å². The zero-order chi connectivity index (χ0) is 21.0. The minimum atomic E-state index is -0.382. The molecule has 1 aliphatic rings. The summed E-state index contributed by atoms with van der Waals surface area (Å²) in [7, 11) is 0. The summed E-state index contributed by atoms with van der Waals surface area (Å²) in [6.45, 7) is 4.16. The molecule has 0 heterocycles. The molecule has 1 fully saturated rings. The number of hydrogen-bond acceptors (Lipinski definition) is 2. The average molecular weight is 428 g/mol. The molecule has 1 aliphatic carbocycles. The molecule has 3 nitrogen and oxygen atoms in total. The van der Waals surface area contributed by atoms with Crippen LogP contribution in [-0.2, 0) is 5.41 Å². The summed E-state index contributed by atoms with van der Waals surface area (Å²) in [5.74, 6) is 0.345. The number of rotatable bonds is 7. The Hall–Kier alpha value is -1.97. The molecule has 2 aromatic carbocycles. The highest BCUT2D eigenvalue weighted by molar-refractivity contribution is 6.51. The van der Waals surface area contributed by atoms with Crippen LogP contribution in [-0.4, -0.2) is 17.3 Å². The van der Waals surface area contributed by atoms with E-state index >= 15 is 0 Å². The predicted molar refractivity (Wildman–Crippen MR) is 125 cm³/mol. The molecule has 0 saturated heterocycles. The van der Waals surface area contributed by atoms with Crippen LogP contribution < -0.4 is 0 Å². The number of unbranched alkanes of at least 4 members (excludes halogenated alkanes) is 1. The molecule has 0 amide bonds. The van der Waals surface area contributed by atoms with Crippen LogP contribution in [0.2, 0.25) is 10.0 Å². The van der Waals surface area contributed by atoms with Gasteiger partial charge in [-0.25, -0.2) is 4.99 Å². The van der Waals surface area contributed by atoms with E-state index in [-0.39, 0.29) is 5.41 Å². The van der Waals surface area contributed by atoms with E-state index in [1.807, 2.05) is 43.3 Å². The van der Waals surface area contributed by atoms with Crippen LogP contribution in [0.3, 0.4) is 0 Å². The van der Waals surface area contributed by atoms with E-state index < -0.39 is 0 Å². The van der Waals surface area contributed by atoms with Crippen molar-refractivity contribution in [3.05, 3.63) is 69.2 Å².